The zero-order valence-electron chi connectivity index (χ0n) is 21.0. The van der Waals surface area contributed by atoms with Crippen molar-refractivity contribution < 1.29 is 22.7 Å². The van der Waals surface area contributed by atoms with Gasteiger partial charge in [0.15, 0.2) is 22.0 Å². The van der Waals surface area contributed by atoms with Gasteiger partial charge in [-0.3, -0.25) is 4.40 Å². The molecular weight excluding hydrogens is 519 g/mol. The lowest BCUT2D eigenvalue weighted by molar-refractivity contribution is 0.0250. The van der Waals surface area contributed by atoms with Crippen molar-refractivity contribution in [2.45, 2.75) is 75.3 Å². The van der Waals surface area contributed by atoms with Gasteiger partial charge in [0.25, 0.3) is 0 Å². The number of nitrogens with one attached hydrogen (secondary N) is 1. The fourth-order valence-electron chi connectivity index (χ4n) is 5.38. The first-order chi connectivity index (χ1) is 17.5. The number of hydrogen-bond acceptors (Lipinski definition) is 9. The summed E-state index contributed by atoms with van der Waals surface area (Å²) in [6, 6.07) is 1.70. The highest BCUT2D eigenvalue weighted by Gasteiger charge is 2.49. The van der Waals surface area contributed by atoms with Crippen LogP contribution in [0.15, 0.2) is 23.4 Å². The molecule has 3 fully saturated rings. The third kappa shape index (κ3) is 4.34. The van der Waals surface area contributed by atoms with Gasteiger partial charge in [0.1, 0.15) is 4.90 Å². The number of ether oxygens (including phenoxy) is 1. The number of sulfonamides is 1. The highest BCUT2D eigenvalue weighted by Crippen LogP contribution is 2.44. The molecule has 1 aliphatic carbocycles. The van der Waals surface area contributed by atoms with E-state index in [0.29, 0.717) is 30.5 Å². The summed E-state index contributed by atoms with van der Waals surface area (Å²) in [7, 11) is -3.81. The van der Waals surface area contributed by atoms with Crippen LogP contribution in [-0.4, -0.2) is 70.5 Å². The Hall–Kier alpha value is -2.19. The van der Waals surface area contributed by atoms with Crippen LogP contribution in [0.1, 0.15) is 57.6 Å². The number of piperidine rings is 1. The van der Waals surface area contributed by atoms with Crippen LogP contribution in [0.5, 0.6) is 0 Å². The van der Waals surface area contributed by atoms with E-state index in [2.05, 4.69) is 24.8 Å². The number of imidazole rings is 1. The predicted octanol–water partition coefficient (Wildman–Crippen LogP) is 3.08. The lowest BCUT2D eigenvalue weighted by Crippen LogP contribution is -2.47. The molecule has 200 valence electrons. The number of hydrogen-bond donors (Lipinski definition) is 2. The Morgan fingerprint density at radius 1 is 1.27 bits per heavy atom. The van der Waals surface area contributed by atoms with Crippen molar-refractivity contribution in [1.82, 2.24) is 24.3 Å². The Bertz CT molecular complexity index is 1440. The van der Waals surface area contributed by atoms with E-state index < -0.39 is 27.8 Å². The molecule has 2 unspecified atom stereocenters. The van der Waals surface area contributed by atoms with E-state index >= 15 is 0 Å². The molecule has 6 rings (SSSR count). The van der Waals surface area contributed by atoms with Crippen molar-refractivity contribution in [3.8, 4) is 10.8 Å². The largest absolute Gasteiger partial charge is 0.390 e. The van der Waals surface area contributed by atoms with E-state index in [1.165, 1.54) is 6.92 Å². The minimum absolute atomic E-state index is 0.129. The Morgan fingerprint density at radius 3 is 2.59 bits per heavy atom. The fourth-order valence-corrected chi connectivity index (χ4v) is 7.62. The Kier molecular flexibility index (Phi) is 5.88. The number of fused-ring (bicyclic) bond motifs is 1. The minimum Gasteiger partial charge on any atom is -0.390 e. The van der Waals surface area contributed by atoms with Crippen molar-refractivity contribution in [1.29, 1.82) is 0 Å². The van der Waals surface area contributed by atoms with Gasteiger partial charge in [-0.05, 0) is 52.5 Å². The van der Waals surface area contributed by atoms with Gasteiger partial charge >= 0.3 is 0 Å². The van der Waals surface area contributed by atoms with E-state index in [1.807, 2.05) is 13.8 Å². The maximum absolute atomic E-state index is 13.8. The summed E-state index contributed by atoms with van der Waals surface area (Å²) in [4.78, 5) is 6.82. The molecule has 1 saturated carbocycles. The first kappa shape index (κ1) is 25.1. The summed E-state index contributed by atoms with van der Waals surface area (Å²) in [5.74, 6) is 0.414. The van der Waals surface area contributed by atoms with Crippen molar-refractivity contribution in [2.75, 3.05) is 24.6 Å². The van der Waals surface area contributed by atoms with Crippen LogP contribution >= 0.6 is 11.3 Å². The van der Waals surface area contributed by atoms with Crippen LogP contribution in [0.25, 0.3) is 16.3 Å². The maximum atomic E-state index is 13.8. The second-order valence-electron chi connectivity index (χ2n) is 10.9. The van der Waals surface area contributed by atoms with Crippen molar-refractivity contribution in [3.05, 3.63) is 23.5 Å². The van der Waals surface area contributed by atoms with E-state index in [9.17, 15) is 17.9 Å². The number of halogens is 1. The molecule has 13 heteroatoms. The summed E-state index contributed by atoms with van der Waals surface area (Å²) >= 11 is 1.10. The van der Waals surface area contributed by atoms with Crippen molar-refractivity contribution in [2.24, 2.45) is 5.41 Å². The highest BCUT2D eigenvalue weighted by atomic mass is 32.2. The molecule has 2 N–H and O–H groups in total. The smallest absolute Gasteiger partial charge is 0.242 e. The number of aliphatic hydroxyl groups excluding tert-OH is 1. The number of rotatable bonds is 6. The van der Waals surface area contributed by atoms with E-state index in [4.69, 9.17) is 4.74 Å². The molecule has 0 bridgehead atoms. The molecule has 5 heterocycles. The molecule has 10 nitrogen and oxygen atoms in total. The fraction of sp³-hybridized carbons (Fsp3) is 0.625. The Morgan fingerprint density at radius 2 is 2.00 bits per heavy atom. The summed E-state index contributed by atoms with van der Waals surface area (Å²) in [6.45, 7) is 7.00. The third-order valence-electron chi connectivity index (χ3n) is 8.06. The second-order valence-corrected chi connectivity index (χ2v) is 13.6. The number of aromatic nitrogens is 4. The summed E-state index contributed by atoms with van der Waals surface area (Å²) in [5, 5.41) is 19.5. The molecule has 3 atom stereocenters. The number of pyridine rings is 1. The van der Waals surface area contributed by atoms with E-state index in [0.717, 1.165) is 48.2 Å². The molecular formula is C24H31FN6O4S2. The molecule has 3 aromatic heterocycles. The topological polar surface area (TPSA) is 122 Å². The van der Waals surface area contributed by atoms with Gasteiger partial charge in [-0.25, -0.2) is 22.5 Å². The van der Waals surface area contributed by atoms with Gasteiger partial charge in [-0.1, -0.05) is 11.3 Å². The molecule has 3 aromatic rings. The van der Waals surface area contributed by atoms with Gasteiger partial charge in [-0.2, -0.15) is 0 Å². The molecule has 0 amide bonds. The molecule has 1 spiro atoms. The van der Waals surface area contributed by atoms with Crippen LogP contribution in [0, 0.1) is 5.41 Å². The van der Waals surface area contributed by atoms with Crippen LogP contribution in [0.2, 0.25) is 0 Å². The predicted molar refractivity (Wildman–Crippen MR) is 137 cm³/mol. The first-order valence-corrected chi connectivity index (χ1v) is 14.9. The monoisotopic (exact) mass is 550 g/mol. The lowest BCUT2D eigenvalue weighted by atomic mass is 9.74. The van der Waals surface area contributed by atoms with Gasteiger partial charge < -0.3 is 14.7 Å². The van der Waals surface area contributed by atoms with Crippen molar-refractivity contribution >= 4 is 32.6 Å². The molecule has 0 aromatic carbocycles. The number of nitrogens with zero attached hydrogens (tertiary/aromatic N) is 5. The average molecular weight is 551 g/mol. The lowest BCUT2D eigenvalue weighted by Gasteiger charge is -2.41. The normalized spacial score (nSPS) is 25.7. The van der Waals surface area contributed by atoms with Crippen LogP contribution in [0.4, 0.5) is 10.1 Å². The zero-order chi connectivity index (χ0) is 26.2. The van der Waals surface area contributed by atoms with Crippen LogP contribution in [-0.2, 0) is 14.8 Å². The average Bonchev–Trinajstić information content (AvgIpc) is 3.22. The van der Waals surface area contributed by atoms with Crippen LogP contribution < -0.4 is 9.62 Å². The second kappa shape index (κ2) is 8.67. The minimum atomic E-state index is -3.81. The molecule has 2 aliphatic heterocycles. The van der Waals surface area contributed by atoms with Gasteiger partial charge in [0, 0.05) is 30.2 Å². The van der Waals surface area contributed by atoms with Crippen LogP contribution in [0.3, 0.4) is 0 Å². The molecule has 3 aliphatic rings. The van der Waals surface area contributed by atoms with Gasteiger partial charge in [0.2, 0.25) is 10.0 Å². The van der Waals surface area contributed by atoms with Crippen molar-refractivity contribution in [3.63, 3.8) is 0 Å². The Balaban J connectivity index is 1.42. The number of alkyl halides is 1. The number of anilines is 1. The van der Waals surface area contributed by atoms with E-state index in [-0.39, 0.29) is 21.4 Å². The Labute approximate surface area is 218 Å². The third-order valence-corrected chi connectivity index (χ3v) is 10.7. The standard InChI is InChI=1S/C24H31FN6O4S2/c1-14(25)21-27-28-22(36-21)20-26-11-18-17(30-8-6-24(7-9-30)13-35-15(2)19(24)32)10-16(12-31(18)20)37(33,34)29-23(3)4-5-23/h10-12,14-15,19,29,32H,4-9,13H2,1-3H3/t14?,15-,19?/m1/s1. The zero-order valence-corrected chi connectivity index (χ0v) is 22.6. The molecule has 0 radical (unpaired) electrons. The maximum Gasteiger partial charge on any atom is 0.242 e. The van der Waals surface area contributed by atoms with Gasteiger partial charge in [0.05, 0.1) is 36.2 Å². The summed E-state index contributed by atoms with van der Waals surface area (Å²) < 4.78 is 51.0. The first-order valence-electron chi connectivity index (χ1n) is 12.6. The number of aliphatic hydroxyl groups is 1. The SMILES string of the molecule is CC(F)c1nnc(-c2ncc3c(N4CCC5(CC4)CO[C@H](C)C5O)cc(S(=O)(=O)NC4(C)CC4)cn23)s1. The summed E-state index contributed by atoms with van der Waals surface area (Å²) in [6.07, 6.45) is 4.32. The quantitative estimate of drug-likeness (QED) is 0.480. The highest BCUT2D eigenvalue weighted by molar-refractivity contribution is 7.89. The van der Waals surface area contributed by atoms with Gasteiger partial charge in [-0.15, -0.1) is 10.2 Å². The van der Waals surface area contributed by atoms with E-state index in [1.54, 1.807) is 22.9 Å². The molecule has 37 heavy (non-hydrogen) atoms. The molecule has 2 saturated heterocycles. The summed E-state index contributed by atoms with van der Waals surface area (Å²) in [5.41, 5.74) is 0.756.